The van der Waals surface area contributed by atoms with Gasteiger partial charge in [-0.15, -0.1) is 0 Å². The average molecular weight is 303 g/mol. The molecule has 126 valence electrons. The standard InChI is InChI=1S/C22H38/c1-21(2,3)19(17-13-9-7-10-14-17)20(22(4,5)6)18-15-11-8-12-16-18/h13,15,19-20H,7-12,14,16H2,1-6H3/t19-,20?/m1/s1. The Morgan fingerprint density at radius 3 is 1.23 bits per heavy atom. The van der Waals surface area contributed by atoms with E-state index in [1.165, 1.54) is 51.4 Å². The first kappa shape index (κ1) is 17.8. The zero-order valence-corrected chi connectivity index (χ0v) is 16.0. The molecule has 22 heavy (non-hydrogen) atoms. The summed E-state index contributed by atoms with van der Waals surface area (Å²) in [5.41, 5.74) is 4.23. The molecule has 2 aliphatic carbocycles. The van der Waals surface area contributed by atoms with Gasteiger partial charge in [-0.25, -0.2) is 0 Å². The number of hydrogen-bond acceptors (Lipinski definition) is 0. The minimum Gasteiger partial charge on any atom is -0.0850 e. The second-order valence-corrected chi connectivity index (χ2v) is 9.74. The van der Waals surface area contributed by atoms with Crippen LogP contribution in [0.1, 0.15) is 92.9 Å². The maximum Gasteiger partial charge on any atom is -0.00839 e. The van der Waals surface area contributed by atoms with E-state index < -0.39 is 0 Å². The second kappa shape index (κ2) is 6.93. The fraction of sp³-hybridized carbons (Fsp3) is 0.818. The average Bonchev–Trinajstić information content (AvgIpc) is 2.44. The maximum absolute atomic E-state index is 2.60. The van der Waals surface area contributed by atoms with Crippen LogP contribution in [0.4, 0.5) is 0 Å². The second-order valence-electron chi connectivity index (χ2n) is 9.74. The van der Waals surface area contributed by atoms with E-state index in [0.717, 1.165) is 0 Å². The number of rotatable bonds is 3. The van der Waals surface area contributed by atoms with Crippen molar-refractivity contribution in [2.24, 2.45) is 22.7 Å². The summed E-state index contributed by atoms with van der Waals surface area (Å²) in [5, 5.41) is 0. The highest BCUT2D eigenvalue weighted by atomic mass is 14.5. The maximum atomic E-state index is 2.60. The summed E-state index contributed by atoms with van der Waals surface area (Å²) >= 11 is 0. The summed E-state index contributed by atoms with van der Waals surface area (Å²) < 4.78 is 0. The first-order valence-electron chi connectivity index (χ1n) is 9.59. The van der Waals surface area contributed by atoms with Gasteiger partial charge in [0.05, 0.1) is 0 Å². The Labute approximate surface area is 139 Å². The molecule has 0 radical (unpaired) electrons. The Bertz CT molecular complexity index is 380. The lowest BCUT2D eigenvalue weighted by Crippen LogP contribution is -2.39. The van der Waals surface area contributed by atoms with Gasteiger partial charge in [0.2, 0.25) is 0 Å². The molecule has 0 spiro atoms. The molecule has 0 saturated carbocycles. The Hall–Kier alpha value is -0.520. The first-order valence-corrected chi connectivity index (χ1v) is 9.59. The van der Waals surface area contributed by atoms with Crippen LogP contribution in [-0.2, 0) is 0 Å². The van der Waals surface area contributed by atoms with Gasteiger partial charge < -0.3 is 0 Å². The predicted octanol–water partition coefficient (Wildman–Crippen LogP) is 7.31. The third-order valence-corrected chi connectivity index (χ3v) is 5.65. The van der Waals surface area contributed by atoms with Gasteiger partial charge in [-0.3, -0.25) is 0 Å². The van der Waals surface area contributed by atoms with Crippen molar-refractivity contribution in [1.82, 2.24) is 0 Å². The molecule has 0 heterocycles. The van der Waals surface area contributed by atoms with Gasteiger partial charge in [0.25, 0.3) is 0 Å². The molecule has 0 aliphatic heterocycles. The third kappa shape index (κ3) is 4.27. The van der Waals surface area contributed by atoms with Crippen LogP contribution in [0.5, 0.6) is 0 Å². The van der Waals surface area contributed by atoms with E-state index in [9.17, 15) is 0 Å². The monoisotopic (exact) mass is 302 g/mol. The summed E-state index contributed by atoms with van der Waals surface area (Å²) in [6.45, 7) is 14.8. The smallest absolute Gasteiger partial charge is 0.00839 e. The van der Waals surface area contributed by atoms with Crippen LogP contribution in [0.2, 0.25) is 0 Å². The van der Waals surface area contributed by atoms with Gasteiger partial charge in [-0.2, -0.15) is 0 Å². The fourth-order valence-electron chi connectivity index (χ4n) is 4.83. The highest BCUT2D eigenvalue weighted by molar-refractivity contribution is 5.23. The molecule has 0 fully saturated rings. The van der Waals surface area contributed by atoms with Gasteiger partial charge in [-0.1, -0.05) is 64.8 Å². The molecule has 0 nitrogen and oxygen atoms in total. The van der Waals surface area contributed by atoms with Crippen LogP contribution in [0.15, 0.2) is 23.3 Å². The van der Waals surface area contributed by atoms with Crippen molar-refractivity contribution in [1.29, 1.82) is 0 Å². The summed E-state index contributed by atoms with van der Waals surface area (Å²) in [6.07, 6.45) is 16.1. The van der Waals surface area contributed by atoms with Crippen molar-refractivity contribution in [3.8, 4) is 0 Å². The van der Waals surface area contributed by atoms with E-state index in [1.54, 1.807) is 11.1 Å². The molecule has 0 aromatic rings. The van der Waals surface area contributed by atoms with Crippen LogP contribution >= 0.6 is 0 Å². The first-order chi connectivity index (χ1) is 10.2. The van der Waals surface area contributed by atoms with Crippen LogP contribution < -0.4 is 0 Å². The molecular formula is C22H38. The molecular weight excluding hydrogens is 264 g/mol. The van der Waals surface area contributed by atoms with Crippen LogP contribution in [-0.4, -0.2) is 0 Å². The quantitative estimate of drug-likeness (QED) is 0.479. The Kier molecular flexibility index (Phi) is 5.62. The minimum atomic E-state index is 0.347. The van der Waals surface area contributed by atoms with Gasteiger partial charge in [0.15, 0.2) is 0 Å². The third-order valence-electron chi connectivity index (χ3n) is 5.65. The van der Waals surface area contributed by atoms with Crippen molar-refractivity contribution in [2.45, 2.75) is 92.9 Å². The molecule has 2 rings (SSSR count). The molecule has 0 N–H and O–H groups in total. The van der Waals surface area contributed by atoms with E-state index >= 15 is 0 Å². The van der Waals surface area contributed by atoms with Crippen LogP contribution in [0.25, 0.3) is 0 Å². The molecule has 0 amide bonds. The van der Waals surface area contributed by atoms with Crippen molar-refractivity contribution in [2.75, 3.05) is 0 Å². The normalized spacial score (nSPS) is 23.5. The van der Waals surface area contributed by atoms with E-state index in [-0.39, 0.29) is 0 Å². The van der Waals surface area contributed by atoms with Gasteiger partial charge >= 0.3 is 0 Å². The van der Waals surface area contributed by atoms with Gasteiger partial charge in [0.1, 0.15) is 0 Å². The fourth-order valence-corrected chi connectivity index (χ4v) is 4.83. The van der Waals surface area contributed by atoms with E-state index in [0.29, 0.717) is 22.7 Å². The molecule has 1 unspecified atom stereocenters. The van der Waals surface area contributed by atoms with E-state index in [4.69, 9.17) is 0 Å². The molecule has 0 heteroatoms. The summed E-state index contributed by atoms with van der Waals surface area (Å²) in [4.78, 5) is 0. The van der Waals surface area contributed by atoms with E-state index in [1.807, 2.05) is 0 Å². The zero-order chi connectivity index (χ0) is 16.4. The lowest BCUT2D eigenvalue weighted by Gasteiger charge is -2.47. The van der Waals surface area contributed by atoms with Gasteiger partial charge in [0, 0.05) is 0 Å². The summed E-state index contributed by atoms with van der Waals surface area (Å²) in [7, 11) is 0. The van der Waals surface area contributed by atoms with Crippen LogP contribution in [0.3, 0.4) is 0 Å². The number of allylic oxidation sites excluding steroid dienone is 4. The van der Waals surface area contributed by atoms with Crippen molar-refractivity contribution < 1.29 is 0 Å². The lowest BCUT2D eigenvalue weighted by atomic mass is 9.57. The van der Waals surface area contributed by atoms with Gasteiger partial charge in [-0.05, 0) is 74.0 Å². The summed E-state index contributed by atoms with van der Waals surface area (Å²) in [5.74, 6) is 1.41. The minimum absolute atomic E-state index is 0.347. The predicted molar refractivity (Wildman–Crippen MR) is 99.0 cm³/mol. The Morgan fingerprint density at radius 1 is 0.636 bits per heavy atom. The zero-order valence-electron chi connectivity index (χ0n) is 16.0. The Balaban J connectivity index is 2.43. The molecule has 0 saturated heterocycles. The topological polar surface area (TPSA) is 0 Å². The van der Waals surface area contributed by atoms with Crippen molar-refractivity contribution in [3.63, 3.8) is 0 Å². The lowest BCUT2D eigenvalue weighted by molar-refractivity contribution is 0.116. The molecule has 0 aromatic carbocycles. The molecule has 0 bridgehead atoms. The largest absolute Gasteiger partial charge is 0.0850 e. The summed E-state index contributed by atoms with van der Waals surface area (Å²) in [6, 6.07) is 0. The molecule has 2 aliphatic rings. The SMILES string of the molecule is CC(C)(C)C(C1=CCCCC1)[C@@H](C1=CCCCC1)C(C)(C)C. The van der Waals surface area contributed by atoms with Crippen molar-refractivity contribution >= 4 is 0 Å². The highest BCUT2D eigenvalue weighted by Gasteiger charge is 2.42. The van der Waals surface area contributed by atoms with E-state index in [2.05, 4.69) is 53.7 Å². The van der Waals surface area contributed by atoms with Crippen molar-refractivity contribution in [3.05, 3.63) is 23.3 Å². The number of hydrogen-bond donors (Lipinski definition) is 0. The molecule has 0 aromatic heterocycles. The molecule has 2 atom stereocenters. The Morgan fingerprint density at radius 2 is 1.00 bits per heavy atom. The van der Waals surface area contributed by atoms with Crippen LogP contribution in [0, 0.1) is 22.7 Å². The highest BCUT2D eigenvalue weighted by Crippen LogP contribution is 2.51.